The molecule has 0 radical (unpaired) electrons. The van der Waals surface area contributed by atoms with E-state index in [-0.39, 0.29) is 17.0 Å². The molecule has 0 saturated heterocycles. The molecule has 0 aliphatic heterocycles. The van der Waals surface area contributed by atoms with Crippen molar-refractivity contribution >= 4 is 10.0 Å². The van der Waals surface area contributed by atoms with Crippen LogP contribution in [0.25, 0.3) is 0 Å². The number of hydrogen-bond donors (Lipinski definition) is 1. The topological polar surface area (TPSA) is 63.4 Å². The molecule has 4 nitrogen and oxygen atoms in total. The third-order valence-corrected chi connectivity index (χ3v) is 5.14. The highest BCUT2D eigenvalue weighted by molar-refractivity contribution is 7.89. The summed E-state index contributed by atoms with van der Waals surface area (Å²) in [5.74, 6) is -0.533. The molecule has 0 amide bonds. The fourth-order valence-electron chi connectivity index (χ4n) is 1.93. The van der Waals surface area contributed by atoms with Crippen molar-refractivity contribution in [2.75, 3.05) is 13.1 Å². The number of benzene rings is 1. The van der Waals surface area contributed by atoms with Gasteiger partial charge in [0, 0.05) is 25.2 Å². The molecule has 6 heteroatoms. The third kappa shape index (κ3) is 3.32. The van der Waals surface area contributed by atoms with Crippen molar-refractivity contribution in [3.05, 3.63) is 29.1 Å². The number of rotatable bonds is 6. The molecule has 0 bridgehead atoms. The van der Waals surface area contributed by atoms with Crippen LogP contribution in [0.15, 0.2) is 17.0 Å². The van der Waals surface area contributed by atoms with Gasteiger partial charge in [0.05, 0.1) is 4.90 Å². The van der Waals surface area contributed by atoms with Crippen molar-refractivity contribution in [1.82, 2.24) is 4.31 Å². The van der Waals surface area contributed by atoms with Crippen LogP contribution in [0.5, 0.6) is 0 Å². The van der Waals surface area contributed by atoms with Gasteiger partial charge in [-0.2, -0.15) is 4.31 Å². The zero-order valence-corrected chi connectivity index (χ0v) is 12.4. The second kappa shape index (κ2) is 6.45. The van der Waals surface area contributed by atoms with Crippen LogP contribution < -0.4 is 5.73 Å². The fraction of sp³-hybridized carbons (Fsp3) is 0.538. The highest BCUT2D eigenvalue weighted by Crippen LogP contribution is 2.24. The molecular formula is C13H21FN2O2S. The van der Waals surface area contributed by atoms with E-state index in [1.807, 2.05) is 6.92 Å². The van der Waals surface area contributed by atoms with Crippen molar-refractivity contribution in [3.63, 3.8) is 0 Å². The summed E-state index contributed by atoms with van der Waals surface area (Å²) in [6.07, 6.45) is 0.713. The van der Waals surface area contributed by atoms with Crippen molar-refractivity contribution in [1.29, 1.82) is 0 Å². The Labute approximate surface area is 114 Å². The molecule has 0 spiro atoms. The SMILES string of the molecule is CCCN(CC)S(=O)(=O)c1cc(CN)cc(F)c1C. The van der Waals surface area contributed by atoms with Crippen molar-refractivity contribution < 1.29 is 12.8 Å². The van der Waals surface area contributed by atoms with E-state index >= 15 is 0 Å². The maximum atomic E-state index is 13.8. The molecule has 0 saturated carbocycles. The molecule has 0 fully saturated rings. The van der Waals surface area contributed by atoms with Crippen molar-refractivity contribution in [2.45, 2.75) is 38.6 Å². The second-order valence-electron chi connectivity index (χ2n) is 4.40. The van der Waals surface area contributed by atoms with E-state index < -0.39 is 15.8 Å². The smallest absolute Gasteiger partial charge is 0.243 e. The van der Waals surface area contributed by atoms with Crippen molar-refractivity contribution in [2.24, 2.45) is 5.73 Å². The summed E-state index contributed by atoms with van der Waals surface area (Å²) in [6, 6.07) is 2.75. The van der Waals surface area contributed by atoms with Gasteiger partial charge in [0.2, 0.25) is 10.0 Å². The van der Waals surface area contributed by atoms with Gasteiger partial charge in [0.1, 0.15) is 5.82 Å². The highest BCUT2D eigenvalue weighted by Gasteiger charge is 2.25. The Bertz CT molecular complexity index is 544. The Morgan fingerprint density at radius 1 is 1.32 bits per heavy atom. The quantitative estimate of drug-likeness (QED) is 0.871. The monoisotopic (exact) mass is 288 g/mol. The molecule has 0 aromatic heterocycles. The van der Waals surface area contributed by atoms with Crippen molar-refractivity contribution in [3.8, 4) is 0 Å². The number of nitrogens with zero attached hydrogens (tertiary/aromatic N) is 1. The molecule has 0 heterocycles. The summed E-state index contributed by atoms with van der Waals surface area (Å²) in [7, 11) is -3.66. The van der Waals surface area contributed by atoms with E-state index in [9.17, 15) is 12.8 Å². The van der Waals surface area contributed by atoms with Crippen LogP contribution in [0, 0.1) is 12.7 Å². The van der Waals surface area contributed by atoms with Gasteiger partial charge in [0.15, 0.2) is 0 Å². The summed E-state index contributed by atoms with van der Waals surface area (Å²) in [5, 5.41) is 0. The van der Waals surface area contributed by atoms with Crippen LogP contribution >= 0.6 is 0 Å². The lowest BCUT2D eigenvalue weighted by atomic mass is 10.1. The molecule has 0 unspecified atom stereocenters. The molecule has 1 aromatic carbocycles. The molecule has 108 valence electrons. The zero-order chi connectivity index (χ0) is 14.6. The van der Waals surface area contributed by atoms with Gasteiger partial charge >= 0.3 is 0 Å². The van der Waals surface area contributed by atoms with Crippen LogP contribution in [0.4, 0.5) is 4.39 Å². The first kappa shape index (κ1) is 16.1. The summed E-state index contributed by atoms with van der Waals surface area (Å²) in [5.41, 5.74) is 6.10. The summed E-state index contributed by atoms with van der Waals surface area (Å²) < 4.78 is 40.2. The molecular weight excluding hydrogens is 267 g/mol. The first-order valence-corrected chi connectivity index (χ1v) is 7.81. The summed E-state index contributed by atoms with van der Waals surface area (Å²) in [6.45, 7) is 6.05. The van der Waals surface area contributed by atoms with Gasteiger partial charge in [-0.05, 0) is 31.0 Å². The lowest BCUT2D eigenvalue weighted by Gasteiger charge is -2.21. The highest BCUT2D eigenvalue weighted by atomic mass is 32.2. The van der Waals surface area contributed by atoms with E-state index in [2.05, 4.69) is 0 Å². The van der Waals surface area contributed by atoms with E-state index in [1.54, 1.807) is 6.92 Å². The van der Waals surface area contributed by atoms with E-state index in [4.69, 9.17) is 5.73 Å². The first-order valence-electron chi connectivity index (χ1n) is 6.37. The first-order chi connectivity index (χ1) is 8.88. The average molecular weight is 288 g/mol. The molecule has 0 aliphatic rings. The largest absolute Gasteiger partial charge is 0.326 e. The minimum Gasteiger partial charge on any atom is -0.326 e. The van der Waals surface area contributed by atoms with Gasteiger partial charge in [-0.15, -0.1) is 0 Å². The fourth-order valence-corrected chi connectivity index (χ4v) is 3.76. The lowest BCUT2D eigenvalue weighted by Crippen LogP contribution is -2.32. The normalized spacial score (nSPS) is 12.1. The summed E-state index contributed by atoms with van der Waals surface area (Å²) >= 11 is 0. The minimum absolute atomic E-state index is 0.0169. The molecule has 1 aromatic rings. The third-order valence-electron chi connectivity index (χ3n) is 3.04. The van der Waals surface area contributed by atoms with E-state index in [0.717, 1.165) is 0 Å². The minimum atomic E-state index is -3.66. The van der Waals surface area contributed by atoms with Crippen LogP contribution in [-0.2, 0) is 16.6 Å². The van der Waals surface area contributed by atoms with Crippen LogP contribution in [0.2, 0.25) is 0 Å². The maximum absolute atomic E-state index is 13.8. The number of nitrogens with two attached hydrogens (primary N) is 1. The average Bonchev–Trinajstić information content (AvgIpc) is 2.38. The van der Waals surface area contributed by atoms with Gasteiger partial charge in [-0.3, -0.25) is 0 Å². The van der Waals surface area contributed by atoms with Crippen LogP contribution in [-0.4, -0.2) is 25.8 Å². The van der Waals surface area contributed by atoms with Gasteiger partial charge in [0.25, 0.3) is 0 Å². The number of sulfonamides is 1. The molecule has 0 atom stereocenters. The Morgan fingerprint density at radius 2 is 1.95 bits per heavy atom. The second-order valence-corrected chi connectivity index (χ2v) is 6.31. The molecule has 1 rings (SSSR count). The summed E-state index contributed by atoms with van der Waals surface area (Å²) in [4.78, 5) is 0.0169. The number of hydrogen-bond acceptors (Lipinski definition) is 3. The standard InChI is InChI=1S/C13H21FN2O2S/c1-4-6-16(5-2)19(17,18)13-8-11(9-15)7-12(14)10(13)3/h7-8H,4-6,9,15H2,1-3H3. The van der Waals surface area contributed by atoms with Crippen LogP contribution in [0.3, 0.4) is 0 Å². The predicted molar refractivity (Wildman–Crippen MR) is 73.8 cm³/mol. The predicted octanol–water partition coefficient (Wildman–Crippen LogP) is 2.01. The molecule has 2 N–H and O–H groups in total. The zero-order valence-electron chi connectivity index (χ0n) is 11.6. The van der Waals surface area contributed by atoms with Crippen LogP contribution in [0.1, 0.15) is 31.4 Å². The molecule has 0 aliphatic carbocycles. The Kier molecular flexibility index (Phi) is 5.46. The lowest BCUT2D eigenvalue weighted by molar-refractivity contribution is 0.426. The van der Waals surface area contributed by atoms with E-state index in [1.165, 1.54) is 23.4 Å². The molecule has 19 heavy (non-hydrogen) atoms. The van der Waals surface area contributed by atoms with Gasteiger partial charge in [-0.25, -0.2) is 12.8 Å². The van der Waals surface area contributed by atoms with E-state index in [0.29, 0.717) is 25.1 Å². The number of halogens is 1. The van der Waals surface area contributed by atoms with Gasteiger partial charge in [-0.1, -0.05) is 13.8 Å². The maximum Gasteiger partial charge on any atom is 0.243 e. The Hall–Kier alpha value is -0.980. The Morgan fingerprint density at radius 3 is 2.42 bits per heavy atom. The van der Waals surface area contributed by atoms with Gasteiger partial charge < -0.3 is 5.73 Å². The Balaban J connectivity index is 3.38.